The molecule has 0 amide bonds. The Balaban J connectivity index is 0.924. The van der Waals surface area contributed by atoms with Crippen LogP contribution in [0, 0.1) is 52.8 Å². The normalized spacial score (nSPS) is 47.4. The van der Waals surface area contributed by atoms with Gasteiger partial charge in [-0.15, -0.1) is 0 Å². The van der Waals surface area contributed by atoms with Crippen LogP contribution >= 0.6 is 0 Å². The van der Waals surface area contributed by atoms with Crippen LogP contribution in [0.1, 0.15) is 180 Å². The highest BCUT2D eigenvalue weighted by atomic mass is 15.4. The molecule has 0 aromatic heterocycles. The van der Waals surface area contributed by atoms with E-state index in [4.69, 9.17) is 0 Å². The van der Waals surface area contributed by atoms with Crippen LogP contribution < -0.4 is 16.0 Å². The van der Waals surface area contributed by atoms with Gasteiger partial charge in [0.2, 0.25) is 0 Å². The molecule has 2 aliphatic heterocycles. The van der Waals surface area contributed by atoms with E-state index in [0.717, 1.165) is 59.4 Å². The summed E-state index contributed by atoms with van der Waals surface area (Å²) in [5.41, 5.74) is 4.62. The van der Waals surface area contributed by atoms with E-state index in [1.807, 2.05) is 5.70 Å². The Morgan fingerprint density at radius 1 is 0.500 bits per heavy atom. The average molecular weight is 683 g/mol. The van der Waals surface area contributed by atoms with Crippen molar-refractivity contribution in [1.82, 2.24) is 20.9 Å². The van der Waals surface area contributed by atoms with Crippen LogP contribution in [0.5, 0.6) is 0 Å². The lowest BCUT2D eigenvalue weighted by molar-refractivity contribution is -0.0641. The summed E-state index contributed by atoms with van der Waals surface area (Å²) in [6.07, 6.45) is 47.9. The molecule has 0 bridgehead atoms. The number of nitrogens with zero attached hydrogens (tertiary/aromatic N) is 1. The highest BCUT2D eigenvalue weighted by molar-refractivity contribution is 5.37. The van der Waals surface area contributed by atoms with Gasteiger partial charge in [-0.2, -0.15) is 0 Å². The summed E-state index contributed by atoms with van der Waals surface area (Å²) in [5.74, 6) is 7.23. The first-order chi connectivity index (χ1) is 24.8. The summed E-state index contributed by atoms with van der Waals surface area (Å²) in [7, 11) is 0. The van der Waals surface area contributed by atoms with Crippen molar-refractivity contribution in [2.24, 2.45) is 52.8 Å². The zero-order chi connectivity index (χ0) is 33.1. The van der Waals surface area contributed by atoms with Gasteiger partial charge in [0.05, 0.1) is 18.5 Å². The number of fused-ring (bicyclic) bond motifs is 8. The minimum Gasteiger partial charge on any atom is -0.369 e. The second-order valence-electron chi connectivity index (χ2n) is 20.0. The van der Waals surface area contributed by atoms with Gasteiger partial charge in [0, 0.05) is 23.2 Å². The highest BCUT2D eigenvalue weighted by Crippen LogP contribution is 2.73. The zero-order valence-corrected chi connectivity index (χ0v) is 31.9. The van der Waals surface area contributed by atoms with E-state index in [-0.39, 0.29) is 0 Å². The van der Waals surface area contributed by atoms with E-state index < -0.39 is 0 Å². The second kappa shape index (κ2) is 14.4. The fraction of sp³-hybridized carbons (Fsp3) is 0.913. The lowest BCUT2D eigenvalue weighted by Crippen LogP contribution is -2.72. The van der Waals surface area contributed by atoms with Gasteiger partial charge in [-0.25, -0.2) is 0 Å². The topological polar surface area (TPSA) is 39.3 Å². The third-order valence-corrected chi connectivity index (χ3v) is 17.9. The van der Waals surface area contributed by atoms with Gasteiger partial charge in [-0.05, 0) is 168 Å². The predicted molar refractivity (Wildman–Crippen MR) is 206 cm³/mol. The Labute approximate surface area is 306 Å². The first kappa shape index (κ1) is 33.7. The second-order valence-corrected chi connectivity index (χ2v) is 20.0. The van der Waals surface area contributed by atoms with Gasteiger partial charge in [0.1, 0.15) is 0 Å². The quantitative estimate of drug-likeness (QED) is 0.258. The fourth-order valence-electron chi connectivity index (χ4n) is 16.1. The molecule has 0 radical (unpaired) electrons. The van der Waals surface area contributed by atoms with Crippen LogP contribution in [0.15, 0.2) is 23.4 Å². The molecule has 1 spiro atoms. The summed E-state index contributed by atoms with van der Waals surface area (Å²) < 4.78 is 0. The number of hydrogen-bond donors (Lipinski definition) is 3. The molecule has 9 unspecified atom stereocenters. The van der Waals surface area contributed by atoms with E-state index in [9.17, 15) is 0 Å². The number of allylic oxidation sites excluding steroid dienone is 4. The summed E-state index contributed by atoms with van der Waals surface area (Å²) >= 11 is 0. The van der Waals surface area contributed by atoms with Crippen molar-refractivity contribution in [2.75, 3.05) is 0 Å². The largest absolute Gasteiger partial charge is 0.369 e. The maximum Gasteiger partial charge on any atom is 0.0624 e. The standard InChI is InChI=1S/C46H74N4/c1-3-15-31(16-4-1)43-47-44(32-17-5-2-6-18-32)49-45(48-43)33-27-29-34(30-28-33)50-41-25-13-11-23-39(41)46(40-24-12-14-26-42(40)50)37-21-9-7-19-35(37)36-20-8-10-22-38(36)46/h7,19,31-39,41,43-45,47-49H,1-6,8-18,20-30H2. The molecular weight excluding hydrogens is 609 g/mol. The molecule has 4 nitrogen and oxygen atoms in total. The maximum absolute atomic E-state index is 4.28. The van der Waals surface area contributed by atoms with Crippen molar-refractivity contribution in [2.45, 2.75) is 210 Å². The lowest BCUT2D eigenvalue weighted by Gasteiger charge is -2.63. The summed E-state index contributed by atoms with van der Waals surface area (Å²) in [6.45, 7) is 0. The Morgan fingerprint density at radius 3 is 1.78 bits per heavy atom. The lowest BCUT2D eigenvalue weighted by atomic mass is 9.48. The average Bonchev–Trinajstić information content (AvgIpc) is 3.49. The third kappa shape index (κ3) is 5.67. The van der Waals surface area contributed by atoms with Crippen LogP contribution in [0.25, 0.3) is 0 Å². The van der Waals surface area contributed by atoms with Crippen LogP contribution in [-0.2, 0) is 0 Å². The molecular formula is C46H74N4. The van der Waals surface area contributed by atoms with Crippen LogP contribution in [0.2, 0.25) is 0 Å². The molecule has 0 aromatic carbocycles. The van der Waals surface area contributed by atoms with Gasteiger partial charge < -0.3 is 4.90 Å². The number of hydrogen-bond acceptors (Lipinski definition) is 4. The molecule has 6 saturated carbocycles. The van der Waals surface area contributed by atoms with E-state index in [1.165, 1.54) is 173 Å². The third-order valence-electron chi connectivity index (χ3n) is 17.9. The number of nitrogens with one attached hydrogen (secondary N) is 3. The van der Waals surface area contributed by atoms with Crippen molar-refractivity contribution in [3.8, 4) is 0 Å². The first-order valence-electron chi connectivity index (χ1n) is 23.3. The molecule has 8 aliphatic carbocycles. The molecule has 4 heteroatoms. The highest BCUT2D eigenvalue weighted by Gasteiger charge is 2.67. The van der Waals surface area contributed by atoms with Crippen LogP contribution in [-0.4, -0.2) is 35.5 Å². The van der Waals surface area contributed by atoms with Crippen molar-refractivity contribution in [3.63, 3.8) is 0 Å². The molecule has 7 fully saturated rings. The fourth-order valence-corrected chi connectivity index (χ4v) is 16.1. The van der Waals surface area contributed by atoms with Gasteiger partial charge in [0.15, 0.2) is 0 Å². The summed E-state index contributed by atoms with van der Waals surface area (Å²) in [4.78, 5) is 3.28. The zero-order valence-electron chi connectivity index (χ0n) is 31.9. The van der Waals surface area contributed by atoms with E-state index >= 15 is 0 Å². The van der Waals surface area contributed by atoms with E-state index in [1.54, 1.807) is 6.42 Å². The molecule has 50 heavy (non-hydrogen) atoms. The van der Waals surface area contributed by atoms with Crippen molar-refractivity contribution in [1.29, 1.82) is 0 Å². The molecule has 10 rings (SSSR count). The Hall–Kier alpha value is -0.840. The molecule has 278 valence electrons. The summed E-state index contributed by atoms with van der Waals surface area (Å²) in [6, 6.07) is 1.64. The van der Waals surface area contributed by atoms with Gasteiger partial charge in [-0.3, -0.25) is 16.0 Å². The number of rotatable bonds is 4. The minimum atomic E-state index is 0.505. The molecule has 0 aromatic rings. The maximum atomic E-state index is 4.28. The summed E-state index contributed by atoms with van der Waals surface area (Å²) in [5, 5.41) is 12.8. The molecule has 1 saturated heterocycles. The Kier molecular flexibility index (Phi) is 9.73. The van der Waals surface area contributed by atoms with E-state index in [0.29, 0.717) is 23.9 Å². The molecule has 9 atom stereocenters. The van der Waals surface area contributed by atoms with Crippen molar-refractivity contribution >= 4 is 0 Å². The predicted octanol–water partition coefficient (Wildman–Crippen LogP) is 10.6. The van der Waals surface area contributed by atoms with Gasteiger partial charge >= 0.3 is 0 Å². The van der Waals surface area contributed by atoms with Crippen molar-refractivity contribution in [3.05, 3.63) is 23.4 Å². The molecule has 2 heterocycles. The molecule has 10 aliphatic rings. The van der Waals surface area contributed by atoms with E-state index in [2.05, 4.69) is 38.6 Å². The Bertz CT molecular complexity index is 1210. The van der Waals surface area contributed by atoms with Gasteiger partial charge in [-0.1, -0.05) is 76.4 Å². The van der Waals surface area contributed by atoms with Crippen LogP contribution in [0.3, 0.4) is 0 Å². The minimum absolute atomic E-state index is 0.505. The smallest absolute Gasteiger partial charge is 0.0624 e. The van der Waals surface area contributed by atoms with Gasteiger partial charge in [0.25, 0.3) is 0 Å². The SMILES string of the molecule is C1=CC2C3CCCCC3C3(C4=C(CCCC4)N(C4CCC(C5NC(C6CCCCC6)NC(C6CCCCC6)N5)CC4)C4CCCCC43)C2CC1. The monoisotopic (exact) mass is 683 g/mol. The Morgan fingerprint density at radius 2 is 1.08 bits per heavy atom. The van der Waals surface area contributed by atoms with Crippen LogP contribution in [0.4, 0.5) is 0 Å². The molecule has 3 N–H and O–H groups in total. The van der Waals surface area contributed by atoms with Crippen molar-refractivity contribution < 1.29 is 0 Å². The first-order valence-corrected chi connectivity index (χ1v) is 23.3.